The number of halogens is 4. The summed E-state index contributed by atoms with van der Waals surface area (Å²) in [4.78, 5) is 37.3. The molecular formula is C13H8Br4NO4-. The zero-order valence-electron chi connectivity index (χ0n) is 11.1. The lowest BCUT2D eigenvalue weighted by atomic mass is 10.1. The van der Waals surface area contributed by atoms with Crippen molar-refractivity contribution < 1.29 is 19.5 Å². The number of rotatable bonds is 4. The Hall–Kier alpha value is -0.250. The van der Waals surface area contributed by atoms with E-state index >= 15 is 0 Å². The summed E-state index contributed by atoms with van der Waals surface area (Å²) >= 11 is 13.2. The average Bonchev–Trinajstić information content (AvgIpc) is 2.72. The second-order valence-corrected chi connectivity index (χ2v) is 7.78. The number of carboxylic acids is 1. The topological polar surface area (TPSA) is 77.5 Å². The third-order valence-corrected chi connectivity index (χ3v) is 8.05. The van der Waals surface area contributed by atoms with Crippen LogP contribution in [0.25, 0.3) is 0 Å². The summed E-state index contributed by atoms with van der Waals surface area (Å²) < 4.78 is 1.90. The van der Waals surface area contributed by atoms with Crippen molar-refractivity contribution in [3.63, 3.8) is 0 Å². The van der Waals surface area contributed by atoms with Crippen LogP contribution in [0.5, 0.6) is 0 Å². The van der Waals surface area contributed by atoms with E-state index in [-0.39, 0.29) is 17.5 Å². The summed E-state index contributed by atoms with van der Waals surface area (Å²) in [6.45, 7) is 1.77. The van der Waals surface area contributed by atoms with Crippen molar-refractivity contribution in [3.8, 4) is 0 Å². The smallest absolute Gasteiger partial charge is 0.263 e. The van der Waals surface area contributed by atoms with Gasteiger partial charge < -0.3 is 9.90 Å². The van der Waals surface area contributed by atoms with Crippen LogP contribution in [0, 0.1) is 0 Å². The fourth-order valence-electron chi connectivity index (χ4n) is 2.28. The maximum Gasteiger partial charge on any atom is 0.263 e. The monoisotopic (exact) mass is 558 g/mol. The van der Waals surface area contributed by atoms with Gasteiger partial charge in [0.2, 0.25) is 0 Å². The lowest BCUT2D eigenvalue weighted by Gasteiger charge is -2.26. The molecule has 0 aromatic heterocycles. The van der Waals surface area contributed by atoms with Gasteiger partial charge in [0.05, 0.1) is 23.1 Å². The first kappa shape index (κ1) is 18.1. The molecule has 0 saturated carbocycles. The maximum atomic E-state index is 12.6. The molecule has 1 aromatic rings. The molecule has 0 N–H and O–H groups in total. The Morgan fingerprint density at radius 1 is 1.00 bits per heavy atom. The van der Waals surface area contributed by atoms with Gasteiger partial charge in [-0.1, -0.05) is 13.3 Å². The van der Waals surface area contributed by atoms with E-state index in [9.17, 15) is 19.5 Å². The van der Waals surface area contributed by atoms with E-state index in [1.165, 1.54) is 0 Å². The molecule has 0 fully saturated rings. The molecule has 0 aliphatic carbocycles. The van der Waals surface area contributed by atoms with Crippen LogP contribution in [-0.4, -0.2) is 28.7 Å². The lowest BCUT2D eigenvalue weighted by Crippen LogP contribution is -2.50. The van der Waals surface area contributed by atoms with Crippen LogP contribution < -0.4 is 5.11 Å². The quantitative estimate of drug-likeness (QED) is 0.321. The number of aliphatic carboxylic acids is 1. The molecule has 1 aliphatic rings. The molecule has 0 bridgehead atoms. The molecule has 1 aromatic carbocycles. The Morgan fingerprint density at radius 2 is 1.41 bits per heavy atom. The third-order valence-electron chi connectivity index (χ3n) is 3.28. The summed E-state index contributed by atoms with van der Waals surface area (Å²) in [5.74, 6) is -2.74. The minimum atomic E-state index is -1.44. The van der Waals surface area contributed by atoms with Gasteiger partial charge in [-0.15, -0.1) is 0 Å². The van der Waals surface area contributed by atoms with E-state index in [4.69, 9.17) is 0 Å². The minimum absolute atomic E-state index is 0.134. The molecule has 0 saturated heterocycles. The van der Waals surface area contributed by atoms with E-state index in [0.717, 1.165) is 4.90 Å². The predicted octanol–water partition coefficient (Wildman–Crippen LogP) is 3.25. The Balaban J connectivity index is 2.66. The number of carbonyl (C=O) groups excluding carboxylic acids is 3. The largest absolute Gasteiger partial charge is 0.548 e. The summed E-state index contributed by atoms with van der Waals surface area (Å²) in [6, 6.07) is -1.28. The van der Waals surface area contributed by atoms with Gasteiger partial charge in [0.1, 0.15) is 0 Å². The molecule has 1 atom stereocenters. The first-order valence-corrected chi connectivity index (χ1v) is 9.35. The molecular weight excluding hydrogens is 554 g/mol. The number of fused-ring (bicyclic) bond motifs is 1. The van der Waals surface area contributed by atoms with Gasteiger partial charge in [0.25, 0.3) is 11.8 Å². The Labute approximate surface area is 159 Å². The standard InChI is InChI=1S/C13H9Br4NO4/c1-2-3-4(13(21)22)18-11(19)5-6(12(18)20)8(15)10(17)9(16)7(5)14/h4H,2-3H2,1H3,(H,21,22)/p-1. The number of imide groups is 1. The van der Waals surface area contributed by atoms with Crippen LogP contribution in [0.15, 0.2) is 17.9 Å². The molecule has 1 aliphatic heterocycles. The number of hydrogen-bond acceptors (Lipinski definition) is 4. The summed E-state index contributed by atoms with van der Waals surface area (Å²) in [5.41, 5.74) is 0.267. The van der Waals surface area contributed by atoms with E-state index in [1.807, 2.05) is 0 Å². The summed E-state index contributed by atoms with van der Waals surface area (Å²) in [7, 11) is 0. The van der Waals surface area contributed by atoms with Gasteiger partial charge in [-0.3, -0.25) is 14.5 Å². The SMILES string of the molecule is CCCC(C(=O)[O-])N1C(=O)c2c(Br)c(Br)c(Br)c(Br)c2C1=O. The third kappa shape index (κ3) is 2.70. The molecule has 5 nitrogen and oxygen atoms in total. The van der Waals surface area contributed by atoms with Gasteiger partial charge in [-0.05, 0) is 70.1 Å². The zero-order chi connectivity index (χ0) is 16.8. The van der Waals surface area contributed by atoms with Crippen LogP contribution in [0.4, 0.5) is 0 Å². The minimum Gasteiger partial charge on any atom is -0.548 e. The highest BCUT2D eigenvalue weighted by Gasteiger charge is 2.44. The van der Waals surface area contributed by atoms with Gasteiger partial charge in [0, 0.05) is 17.9 Å². The first-order valence-electron chi connectivity index (χ1n) is 6.18. The number of carbonyl (C=O) groups is 3. The second-order valence-electron chi connectivity index (χ2n) is 4.61. The number of benzene rings is 1. The maximum absolute atomic E-state index is 12.6. The number of carboxylic acid groups (broad SMARTS) is 1. The van der Waals surface area contributed by atoms with Crippen LogP contribution in [-0.2, 0) is 4.79 Å². The molecule has 1 heterocycles. The van der Waals surface area contributed by atoms with Crippen molar-refractivity contribution in [2.45, 2.75) is 25.8 Å². The fraction of sp³-hybridized carbons (Fsp3) is 0.308. The van der Waals surface area contributed by atoms with E-state index in [2.05, 4.69) is 63.7 Å². The van der Waals surface area contributed by atoms with E-state index < -0.39 is 23.8 Å². The summed E-state index contributed by atoms with van der Waals surface area (Å²) in [5, 5.41) is 11.3. The lowest BCUT2D eigenvalue weighted by molar-refractivity contribution is -0.310. The van der Waals surface area contributed by atoms with Gasteiger partial charge in [-0.2, -0.15) is 0 Å². The van der Waals surface area contributed by atoms with Crippen molar-refractivity contribution in [1.82, 2.24) is 4.90 Å². The van der Waals surface area contributed by atoms with Crippen LogP contribution in [0.1, 0.15) is 40.5 Å². The predicted molar refractivity (Wildman–Crippen MR) is 91.4 cm³/mol. The molecule has 0 radical (unpaired) electrons. The molecule has 118 valence electrons. The van der Waals surface area contributed by atoms with Crippen LogP contribution in [0.2, 0.25) is 0 Å². The number of nitrogens with zero attached hydrogens (tertiary/aromatic N) is 1. The van der Waals surface area contributed by atoms with Crippen molar-refractivity contribution >= 4 is 81.5 Å². The molecule has 22 heavy (non-hydrogen) atoms. The normalized spacial score (nSPS) is 15.2. The van der Waals surface area contributed by atoms with Crippen molar-refractivity contribution in [3.05, 3.63) is 29.0 Å². The highest BCUT2D eigenvalue weighted by Crippen LogP contribution is 2.45. The van der Waals surface area contributed by atoms with Crippen molar-refractivity contribution in [1.29, 1.82) is 0 Å². The average molecular weight is 562 g/mol. The first-order chi connectivity index (χ1) is 10.2. The van der Waals surface area contributed by atoms with E-state index in [0.29, 0.717) is 24.3 Å². The summed E-state index contributed by atoms with van der Waals surface area (Å²) in [6.07, 6.45) is 0.646. The van der Waals surface area contributed by atoms with E-state index in [1.54, 1.807) is 6.92 Å². The molecule has 2 rings (SSSR count). The highest BCUT2D eigenvalue weighted by atomic mass is 79.9. The van der Waals surface area contributed by atoms with Gasteiger partial charge in [-0.25, -0.2) is 0 Å². The molecule has 9 heteroatoms. The van der Waals surface area contributed by atoms with Crippen molar-refractivity contribution in [2.75, 3.05) is 0 Å². The Kier molecular flexibility index (Phi) is 5.51. The molecule has 1 unspecified atom stereocenters. The number of amides is 2. The van der Waals surface area contributed by atoms with Crippen molar-refractivity contribution in [2.24, 2.45) is 0 Å². The van der Waals surface area contributed by atoms with Gasteiger partial charge >= 0.3 is 0 Å². The number of hydrogen-bond donors (Lipinski definition) is 0. The fourth-order valence-corrected chi connectivity index (χ4v) is 4.73. The second kappa shape index (κ2) is 6.70. The zero-order valence-corrected chi connectivity index (χ0v) is 17.4. The Morgan fingerprint density at radius 3 is 1.73 bits per heavy atom. The molecule has 2 amide bonds. The van der Waals surface area contributed by atoms with Crippen LogP contribution in [0.3, 0.4) is 0 Å². The molecule has 0 spiro atoms. The Bertz CT molecular complexity index is 657. The highest BCUT2D eigenvalue weighted by molar-refractivity contribution is 9.15. The van der Waals surface area contributed by atoms with Gasteiger partial charge in [0.15, 0.2) is 0 Å². The van der Waals surface area contributed by atoms with Crippen LogP contribution >= 0.6 is 63.7 Å².